The van der Waals surface area contributed by atoms with Crippen LogP contribution in [0.2, 0.25) is 0 Å². The lowest BCUT2D eigenvalue weighted by Gasteiger charge is -2.45. The number of aliphatic hydroxyl groups is 1. The van der Waals surface area contributed by atoms with E-state index in [9.17, 15) is 10.4 Å². The second-order valence-corrected chi connectivity index (χ2v) is 7.18. The lowest BCUT2D eigenvalue weighted by Crippen LogP contribution is -2.54. The van der Waals surface area contributed by atoms with Crippen molar-refractivity contribution >= 4 is 5.96 Å². The first-order valence-electron chi connectivity index (χ1n) is 8.94. The minimum atomic E-state index is -0.725. The summed E-state index contributed by atoms with van der Waals surface area (Å²) in [6.07, 6.45) is 3.35. The van der Waals surface area contributed by atoms with E-state index in [0.717, 1.165) is 43.8 Å². The molecule has 0 saturated carbocycles. The number of hydrogen-bond donors (Lipinski definition) is 1. The van der Waals surface area contributed by atoms with Crippen molar-refractivity contribution in [3.63, 3.8) is 0 Å². The summed E-state index contributed by atoms with van der Waals surface area (Å²) in [6, 6.07) is 7.52. The highest BCUT2D eigenvalue weighted by molar-refractivity contribution is 5.83. The summed E-state index contributed by atoms with van der Waals surface area (Å²) in [4.78, 5) is 8.30. The highest BCUT2D eigenvalue weighted by Crippen LogP contribution is 2.43. The number of fused-ring (bicyclic) bond motifs is 1. The van der Waals surface area contributed by atoms with Crippen molar-refractivity contribution in [2.24, 2.45) is 4.99 Å². The molecule has 6 nitrogen and oxygen atoms in total. The first-order chi connectivity index (χ1) is 12.0. The molecule has 6 heteroatoms. The van der Waals surface area contributed by atoms with Crippen LogP contribution >= 0.6 is 0 Å². The third kappa shape index (κ3) is 3.16. The van der Waals surface area contributed by atoms with E-state index < -0.39 is 11.7 Å². The van der Waals surface area contributed by atoms with Gasteiger partial charge in [-0.3, -0.25) is 0 Å². The van der Waals surface area contributed by atoms with Crippen LogP contribution < -0.4 is 4.74 Å². The van der Waals surface area contributed by atoms with E-state index >= 15 is 0 Å². The lowest BCUT2D eigenvalue weighted by atomic mass is 9.85. The summed E-state index contributed by atoms with van der Waals surface area (Å²) in [6.45, 7) is 8.36. The van der Waals surface area contributed by atoms with Crippen LogP contribution in [0, 0.1) is 11.5 Å². The molecular weight excluding hydrogens is 316 g/mol. The largest absolute Gasteiger partial charge is 0.485 e. The maximum Gasteiger partial charge on any atom is 0.213 e. The van der Waals surface area contributed by atoms with E-state index in [4.69, 9.17) is 4.74 Å². The van der Waals surface area contributed by atoms with Crippen molar-refractivity contribution in [1.82, 2.24) is 9.80 Å². The number of nitriles is 1. The summed E-state index contributed by atoms with van der Waals surface area (Å²) in [5, 5.41) is 20.2. The molecule has 25 heavy (non-hydrogen) atoms. The van der Waals surface area contributed by atoms with Crippen LogP contribution in [0.3, 0.4) is 0 Å². The highest BCUT2D eigenvalue weighted by atomic mass is 16.5. The average molecular weight is 342 g/mol. The summed E-state index contributed by atoms with van der Waals surface area (Å²) >= 11 is 0. The quantitative estimate of drug-likeness (QED) is 0.851. The molecule has 2 aliphatic rings. The molecule has 0 radical (unpaired) electrons. The van der Waals surface area contributed by atoms with Crippen molar-refractivity contribution in [3.05, 3.63) is 29.8 Å². The van der Waals surface area contributed by atoms with Gasteiger partial charge >= 0.3 is 0 Å². The van der Waals surface area contributed by atoms with E-state index in [0.29, 0.717) is 5.96 Å². The smallest absolute Gasteiger partial charge is 0.213 e. The predicted octanol–water partition coefficient (Wildman–Crippen LogP) is 2.51. The third-order valence-corrected chi connectivity index (χ3v) is 5.04. The van der Waals surface area contributed by atoms with Gasteiger partial charge in [0, 0.05) is 25.2 Å². The van der Waals surface area contributed by atoms with Crippen LogP contribution in [-0.4, -0.2) is 52.2 Å². The van der Waals surface area contributed by atoms with Crippen molar-refractivity contribution < 1.29 is 9.84 Å². The van der Waals surface area contributed by atoms with Gasteiger partial charge in [-0.25, -0.2) is 0 Å². The van der Waals surface area contributed by atoms with Gasteiger partial charge in [0.15, 0.2) is 0 Å². The van der Waals surface area contributed by atoms with Crippen molar-refractivity contribution in [3.8, 4) is 11.9 Å². The number of hydrogen-bond acceptors (Lipinski definition) is 4. The van der Waals surface area contributed by atoms with Crippen LogP contribution in [0.1, 0.15) is 45.2 Å². The summed E-state index contributed by atoms with van der Waals surface area (Å²) in [5.41, 5.74) is 0.227. The van der Waals surface area contributed by atoms with E-state index in [1.165, 1.54) is 0 Å². The predicted molar refractivity (Wildman–Crippen MR) is 96.1 cm³/mol. The van der Waals surface area contributed by atoms with Gasteiger partial charge in [0.2, 0.25) is 12.2 Å². The SMILES string of the molecule is CCCCN1CCN(C2c3ccccc3OC(C)(C)C2O)C1=NC#N. The number of nitrogens with zero attached hydrogens (tertiary/aromatic N) is 4. The molecule has 2 aliphatic heterocycles. The van der Waals surface area contributed by atoms with Gasteiger partial charge in [0.1, 0.15) is 17.5 Å². The Bertz CT molecular complexity index is 695. The zero-order chi connectivity index (χ0) is 18.0. The Morgan fingerprint density at radius 2 is 2.12 bits per heavy atom. The molecule has 2 heterocycles. The molecule has 0 aliphatic carbocycles. The standard InChI is InChI=1S/C19H26N4O2/c1-4-5-10-22-11-12-23(18(22)21-13-20)16-14-8-6-7-9-15(14)25-19(2,3)17(16)24/h6-9,16-17,24H,4-5,10-12H2,1-3H3. The van der Waals surface area contributed by atoms with E-state index in [1.54, 1.807) is 0 Å². The van der Waals surface area contributed by atoms with Crippen molar-refractivity contribution in [2.75, 3.05) is 19.6 Å². The van der Waals surface area contributed by atoms with Crippen LogP contribution in [0.15, 0.2) is 29.3 Å². The molecule has 0 amide bonds. The minimum Gasteiger partial charge on any atom is -0.485 e. The molecule has 3 rings (SSSR count). The highest BCUT2D eigenvalue weighted by Gasteiger charge is 2.48. The number of benzene rings is 1. The van der Waals surface area contributed by atoms with Gasteiger partial charge in [0.05, 0.1) is 6.04 Å². The fraction of sp³-hybridized carbons (Fsp3) is 0.579. The van der Waals surface area contributed by atoms with Crippen LogP contribution in [-0.2, 0) is 0 Å². The summed E-state index contributed by atoms with van der Waals surface area (Å²) < 4.78 is 6.01. The Morgan fingerprint density at radius 3 is 2.84 bits per heavy atom. The maximum atomic E-state index is 11.0. The van der Waals surface area contributed by atoms with E-state index in [1.807, 2.05) is 44.3 Å². The first kappa shape index (κ1) is 17.6. The number of rotatable bonds is 4. The molecule has 134 valence electrons. The molecule has 1 N–H and O–H groups in total. The number of aliphatic imine (C=N–C) groups is 1. The second kappa shape index (κ2) is 6.93. The molecule has 1 aromatic rings. The molecule has 0 bridgehead atoms. The number of para-hydroxylation sites is 1. The Hall–Kier alpha value is -2.26. The normalized spacial score (nSPS) is 26.3. The van der Waals surface area contributed by atoms with Crippen molar-refractivity contribution in [1.29, 1.82) is 5.26 Å². The molecule has 1 aromatic carbocycles. The van der Waals surface area contributed by atoms with Gasteiger partial charge in [-0.1, -0.05) is 31.5 Å². The molecule has 2 unspecified atom stereocenters. The number of guanidine groups is 1. The summed E-state index contributed by atoms with van der Waals surface area (Å²) in [5.74, 6) is 1.44. The fourth-order valence-corrected chi connectivity index (χ4v) is 3.66. The number of ether oxygens (including phenoxy) is 1. The third-order valence-electron chi connectivity index (χ3n) is 5.04. The van der Waals surface area contributed by atoms with Crippen LogP contribution in [0.4, 0.5) is 0 Å². The second-order valence-electron chi connectivity index (χ2n) is 7.18. The lowest BCUT2D eigenvalue weighted by molar-refractivity contribution is -0.0801. The number of aliphatic hydroxyl groups excluding tert-OH is 1. The van der Waals surface area contributed by atoms with Gasteiger partial charge in [-0.05, 0) is 26.3 Å². The molecular formula is C19H26N4O2. The topological polar surface area (TPSA) is 72.1 Å². The zero-order valence-electron chi connectivity index (χ0n) is 15.1. The fourth-order valence-electron chi connectivity index (χ4n) is 3.66. The minimum absolute atomic E-state index is 0.279. The Kier molecular flexibility index (Phi) is 4.87. The first-order valence-corrected chi connectivity index (χ1v) is 8.94. The Labute approximate surface area is 149 Å². The molecule has 1 saturated heterocycles. The average Bonchev–Trinajstić information content (AvgIpc) is 2.97. The van der Waals surface area contributed by atoms with Crippen LogP contribution in [0.5, 0.6) is 5.75 Å². The van der Waals surface area contributed by atoms with Crippen LogP contribution in [0.25, 0.3) is 0 Å². The van der Waals surface area contributed by atoms with Gasteiger partial charge in [0.25, 0.3) is 0 Å². The van der Waals surface area contributed by atoms with Gasteiger partial charge in [-0.15, -0.1) is 4.99 Å². The Balaban J connectivity index is 1.99. The number of unbranched alkanes of at least 4 members (excludes halogenated alkanes) is 1. The summed E-state index contributed by atoms with van der Waals surface area (Å²) in [7, 11) is 0. The molecule has 0 aromatic heterocycles. The molecule has 1 fully saturated rings. The Morgan fingerprint density at radius 1 is 1.36 bits per heavy atom. The maximum absolute atomic E-state index is 11.0. The molecule has 0 spiro atoms. The van der Waals surface area contributed by atoms with E-state index in [-0.39, 0.29) is 6.04 Å². The zero-order valence-corrected chi connectivity index (χ0v) is 15.1. The van der Waals surface area contributed by atoms with Gasteiger partial charge in [-0.2, -0.15) is 5.26 Å². The van der Waals surface area contributed by atoms with E-state index in [2.05, 4.69) is 21.7 Å². The monoisotopic (exact) mass is 342 g/mol. The van der Waals surface area contributed by atoms with Gasteiger partial charge < -0.3 is 19.6 Å². The molecule has 2 atom stereocenters. The van der Waals surface area contributed by atoms with Crippen molar-refractivity contribution in [2.45, 2.75) is 51.4 Å².